The summed E-state index contributed by atoms with van der Waals surface area (Å²) in [7, 11) is 1.64. The molecule has 0 saturated heterocycles. The van der Waals surface area contributed by atoms with E-state index in [0.717, 1.165) is 28.6 Å². The third-order valence-electron chi connectivity index (χ3n) is 3.41. The number of rotatable bonds is 5. The van der Waals surface area contributed by atoms with Gasteiger partial charge in [-0.25, -0.2) is 0 Å². The van der Waals surface area contributed by atoms with Gasteiger partial charge in [-0.05, 0) is 55.5 Å². The van der Waals surface area contributed by atoms with E-state index in [4.69, 9.17) is 21.7 Å². The van der Waals surface area contributed by atoms with E-state index in [1.807, 2.05) is 60.0 Å². The number of aromatic amines is 1. The first-order chi connectivity index (χ1) is 11.2. The smallest absolute Gasteiger partial charge is 0.200 e. The number of nitrogens with zero attached hydrogens (tertiary/aromatic N) is 2. The molecule has 0 radical (unpaired) electrons. The van der Waals surface area contributed by atoms with Crippen molar-refractivity contribution in [3.8, 4) is 28.6 Å². The Morgan fingerprint density at radius 3 is 2.61 bits per heavy atom. The number of ether oxygens (including phenoxy) is 2. The summed E-state index contributed by atoms with van der Waals surface area (Å²) in [6.07, 6.45) is 0. The molecule has 0 bridgehead atoms. The second kappa shape index (κ2) is 6.66. The molecular formula is C17H17N3O2S. The maximum atomic E-state index is 5.48. The molecule has 0 saturated carbocycles. The molecule has 0 unspecified atom stereocenters. The molecule has 0 amide bonds. The highest BCUT2D eigenvalue weighted by molar-refractivity contribution is 7.71. The average Bonchev–Trinajstić information content (AvgIpc) is 2.97. The number of H-pyrrole nitrogens is 1. The number of hydrogen-bond acceptors (Lipinski definition) is 4. The average molecular weight is 327 g/mol. The lowest BCUT2D eigenvalue weighted by Gasteiger charge is -2.09. The molecule has 3 aromatic rings. The van der Waals surface area contributed by atoms with Crippen molar-refractivity contribution in [3.05, 3.63) is 53.3 Å². The Kier molecular flexibility index (Phi) is 4.43. The van der Waals surface area contributed by atoms with Crippen LogP contribution in [0.5, 0.6) is 11.5 Å². The predicted octanol–water partition coefficient (Wildman–Crippen LogP) is 4.00. The lowest BCUT2D eigenvalue weighted by molar-refractivity contribution is 0.340. The first kappa shape index (κ1) is 15.3. The molecule has 0 spiro atoms. The summed E-state index contributed by atoms with van der Waals surface area (Å²) in [6.45, 7) is 2.60. The number of nitrogens with one attached hydrogen (secondary N) is 1. The highest BCUT2D eigenvalue weighted by Crippen LogP contribution is 2.25. The number of aromatic nitrogens is 3. The van der Waals surface area contributed by atoms with Gasteiger partial charge in [0.1, 0.15) is 11.5 Å². The molecule has 0 aliphatic heterocycles. The fourth-order valence-corrected chi connectivity index (χ4v) is 2.59. The van der Waals surface area contributed by atoms with Gasteiger partial charge in [0.05, 0.1) is 19.4 Å². The summed E-state index contributed by atoms with van der Waals surface area (Å²) in [5, 5.41) is 7.21. The minimum Gasteiger partial charge on any atom is -0.497 e. The van der Waals surface area contributed by atoms with Gasteiger partial charge in [-0.15, -0.1) is 0 Å². The Labute approximate surface area is 139 Å². The highest BCUT2D eigenvalue weighted by atomic mass is 32.1. The van der Waals surface area contributed by atoms with Crippen LogP contribution in [0, 0.1) is 4.77 Å². The number of hydrogen-bond donors (Lipinski definition) is 1. The van der Waals surface area contributed by atoms with Crippen molar-refractivity contribution in [2.75, 3.05) is 13.7 Å². The van der Waals surface area contributed by atoms with Crippen molar-refractivity contribution in [3.63, 3.8) is 0 Å². The van der Waals surface area contributed by atoms with Gasteiger partial charge >= 0.3 is 0 Å². The van der Waals surface area contributed by atoms with E-state index in [-0.39, 0.29) is 0 Å². The van der Waals surface area contributed by atoms with Crippen molar-refractivity contribution >= 4 is 12.2 Å². The minimum absolute atomic E-state index is 0.534. The third kappa shape index (κ3) is 3.12. The Morgan fingerprint density at radius 1 is 1.13 bits per heavy atom. The van der Waals surface area contributed by atoms with Crippen LogP contribution < -0.4 is 9.47 Å². The second-order valence-corrected chi connectivity index (χ2v) is 5.23. The third-order valence-corrected chi connectivity index (χ3v) is 3.68. The van der Waals surface area contributed by atoms with E-state index < -0.39 is 0 Å². The van der Waals surface area contributed by atoms with Gasteiger partial charge in [0.25, 0.3) is 0 Å². The molecule has 0 aliphatic carbocycles. The Hall–Kier alpha value is -2.60. The van der Waals surface area contributed by atoms with Crippen molar-refractivity contribution < 1.29 is 9.47 Å². The molecular weight excluding hydrogens is 310 g/mol. The molecule has 1 N–H and O–H groups in total. The highest BCUT2D eigenvalue weighted by Gasteiger charge is 2.11. The fraction of sp³-hybridized carbons (Fsp3) is 0.176. The van der Waals surface area contributed by atoms with Crippen LogP contribution in [0.3, 0.4) is 0 Å². The molecule has 1 aromatic heterocycles. The van der Waals surface area contributed by atoms with Crippen LogP contribution in [-0.4, -0.2) is 28.5 Å². The van der Waals surface area contributed by atoms with Gasteiger partial charge in [-0.2, -0.15) is 5.10 Å². The summed E-state index contributed by atoms with van der Waals surface area (Å²) in [5.41, 5.74) is 1.84. The Bertz CT molecular complexity index is 853. The van der Waals surface area contributed by atoms with E-state index in [1.54, 1.807) is 7.11 Å². The standard InChI is InChI=1S/C17H17N3O2S/c1-3-22-14-9-7-13(8-10-14)20-16(18-19-17(20)23)12-5-4-6-15(11-12)21-2/h4-11H,3H2,1-2H3,(H,19,23). The molecule has 6 heteroatoms. The zero-order valence-corrected chi connectivity index (χ0v) is 13.8. The van der Waals surface area contributed by atoms with Gasteiger partial charge < -0.3 is 9.47 Å². The van der Waals surface area contributed by atoms with E-state index in [1.165, 1.54) is 0 Å². The largest absolute Gasteiger partial charge is 0.497 e. The van der Waals surface area contributed by atoms with Gasteiger partial charge in [-0.3, -0.25) is 9.67 Å². The van der Waals surface area contributed by atoms with E-state index >= 15 is 0 Å². The van der Waals surface area contributed by atoms with Crippen LogP contribution in [0.15, 0.2) is 48.5 Å². The molecule has 0 aliphatic rings. The molecule has 3 rings (SSSR count). The van der Waals surface area contributed by atoms with Gasteiger partial charge in [-0.1, -0.05) is 12.1 Å². The lowest BCUT2D eigenvalue weighted by Crippen LogP contribution is -1.98. The normalized spacial score (nSPS) is 10.5. The molecule has 5 nitrogen and oxygen atoms in total. The molecule has 118 valence electrons. The van der Waals surface area contributed by atoms with E-state index in [9.17, 15) is 0 Å². The molecule has 2 aromatic carbocycles. The summed E-state index contributed by atoms with van der Waals surface area (Å²) in [6, 6.07) is 15.5. The lowest BCUT2D eigenvalue weighted by atomic mass is 10.2. The summed E-state index contributed by atoms with van der Waals surface area (Å²) >= 11 is 5.38. The number of benzene rings is 2. The maximum absolute atomic E-state index is 5.48. The fourth-order valence-electron chi connectivity index (χ4n) is 2.35. The van der Waals surface area contributed by atoms with Crippen LogP contribution >= 0.6 is 12.2 Å². The molecule has 0 fully saturated rings. The van der Waals surface area contributed by atoms with Crippen molar-refractivity contribution in [2.45, 2.75) is 6.92 Å². The van der Waals surface area contributed by atoms with Crippen LogP contribution in [0.4, 0.5) is 0 Å². The van der Waals surface area contributed by atoms with E-state index in [0.29, 0.717) is 11.4 Å². The Balaban J connectivity index is 2.06. The zero-order valence-electron chi connectivity index (χ0n) is 12.9. The summed E-state index contributed by atoms with van der Waals surface area (Å²) in [4.78, 5) is 0. The molecule has 23 heavy (non-hydrogen) atoms. The van der Waals surface area contributed by atoms with Crippen LogP contribution in [0.1, 0.15) is 6.92 Å². The van der Waals surface area contributed by atoms with Crippen LogP contribution in [0.2, 0.25) is 0 Å². The van der Waals surface area contributed by atoms with Crippen LogP contribution in [0.25, 0.3) is 17.1 Å². The predicted molar refractivity (Wildman–Crippen MR) is 91.9 cm³/mol. The topological polar surface area (TPSA) is 52.1 Å². The second-order valence-electron chi connectivity index (χ2n) is 4.85. The van der Waals surface area contributed by atoms with Gasteiger partial charge in [0.15, 0.2) is 10.6 Å². The first-order valence-electron chi connectivity index (χ1n) is 7.28. The van der Waals surface area contributed by atoms with Crippen molar-refractivity contribution in [2.24, 2.45) is 0 Å². The van der Waals surface area contributed by atoms with Crippen LogP contribution in [-0.2, 0) is 0 Å². The first-order valence-corrected chi connectivity index (χ1v) is 7.69. The van der Waals surface area contributed by atoms with Gasteiger partial charge in [0, 0.05) is 5.56 Å². The summed E-state index contributed by atoms with van der Waals surface area (Å²) in [5.74, 6) is 2.34. The van der Waals surface area contributed by atoms with Gasteiger partial charge in [0.2, 0.25) is 0 Å². The molecule has 0 atom stereocenters. The minimum atomic E-state index is 0.534. The monoisotopic (exact) mass is 327 g/mol. The van der Waals surface area contributed by atoms with Crippen molar-refractivity contribution in [1.82, 2.24) is 14.8 Å². The van der Waals surface area contributed by atoms with Crippen molar-refractivity contribution in [1.29, 1.82) is 0 Å². The SMILES string of the molecule is CCOc1ccc(-n2c(-c3cccc(OC)c3)n[nH]c2=S)cc1. The van der Waals surface area contributed by atoms with E-state index in [2.05, 4.69) is 10.2 Å². The quantitative estimate of drug-likeness (QED) is 0.720. The number of methoxy groups -OCH3 is 1. The molecule has 1 heterocycles. The Morgan fingerprint density at radius 2 is 1.91 bits per heavy atom. The maximum Gasteiger partial charge on any atom is 0.200 e. The summed E-state index contributed by atoms with van der Waals surface area (Å²) < 4.78 is 13.2. The zero-order chi connectivity index (χ0) is 16.2.